The smallest absolute Gasteiger partial charge is 0.251 e. The van der Waals surface area contributed by atoms with E-state index in [0.717, 1.165) is 6.07 Å². The number of fused-ring (bicyclic) bond motifs is 4. The quantitative estimate of drug-likeness (QED) is 0.330. The highest BCUT2D eigenvalue weighted by Gasteiger charge is 2.51. The molecule has 6 rings (SSSR count). The van der Waals surface area contributed by atoms with Crippen LogP contribution in [0.3, 0.4) is 0 Å². The number of nitrogens with zero attached hydrogens (tertiary/aromatic N) is 6. The molecule has 4 heterocycles. The lowest BCUT2D eigenvalue weighted by Crippen LogP contribution is -2.66. The molecule has 3 unspecified atom stereocenters. The van der Waals surface area contributed by atoms with Gasteiger partial charge in [0.2, 0.25) is 5.91 Å². The molecule has 3 atom stereocenters. The number of benzene rings is 2. The van der Waals surface area contributed by atoms with Crippen molar-refractivity contribution < 1.29 is 28.6 Å². The number of halogens is 3. The summed E-state index contributed by atoms with van der Waals surface area (Å²) < 4.78 is 31.9. The van der Waals surface area contributed by atoms with Crippen LogP contribution in [0.15, 0.2) is 48.9 Å². The normalized spacial score (nSPS) is 20.8. The van der Waals surface area contributed by atoms with Gasteiger partial charge < -0.3 is 29.8 Å². The van der Waals surface area contributed by atoms with E-state index in [1.165, 1.54) is 47.4 Å². The Labute approximate surface area is 282 Å². The zero-order valence-electron chi connectivity index (χ0n) is 27.5. The first-order chi connectivity index (χ1) is 22.7. The Morgan fingerprint density at radius 3 is 2.29 bits per heavy atom. The fraction of sp³-hybridized carbons (Fsp3) is 0.371. The number of phenols is 1. The number of likely N-dealkylation sites (N-methyl/N-ethyl adjacent to an activating group) is 1. The summed E-state index contributed by atoms with van der Waals surface area (Å²) in [7, 11) is 1.52. The van der Waals surface area contributed by atoms with Crippen molar-refractivity contribution in [2.75, 3.05) is 25.0 Å². The van der Waals surface area contributed by atoms with Gasteiger partial charge in [0.05, 0.1) is 51.3 Å². The van der Waals surface area contributed by atoms with Gasteiger partial charge in [-0.05, 0) is 43.0 Å². The summed E-state index contributed by atoms with van der Waals surface area (Å²) >= 11 is 7.17. The molecule has 2 N–H and O–H groups in total. The van der Waals surface area contributed by atoms with Gasteiger partial charge in [-0.2, -0.15) is 0 Å². The minimum absolute atomic E-state index is 0.0278. The molecule has 3 aromatic rings. The summed E-state index contributed by atoms with van der Waals surface area (Å²) in [5, 5.41) is 23.0. The second kappa shape index (κ2) is 12.2. The molecule has 1 aromatic heterocycles. The number of hydrogen-bond acceptors (Lipinski definition) is 8. The van der Waals surface area contributed by atoms with E-state index in [0.29, 0.717) is 22.8 Å². The SMILES string of the molecule is C=CC(=O)N1CC2C(=O)N(C)C3=C(c4cc(F)c(-c5c(O)cccc5F)c(Cl)c4N(c4c(C(C)C)ncnc4C(C)C)C3O)N2CC1C. The summed E-state index contributed by atoms with van der Waals surface area (Å²) in [5.41, 5.74) is 1.57. The third-order valence-electron chi connectivity index (χ3n) is 9.34. The van der Waals surface area contributed by atoms with Gasteiger partial charge in [-0.25, -0.2) is 18.7 Å². The van der Waals surface area contributed by atoms with Crippen molar-refractivity contribution in [1.82, 2.24) is 24.7 Å². The molecule has 3 aliphatic rings. The predicted octanol–water partition coefficient (Wildman–Crippen LogP) is 5.73. The van der Waals surface area contributed by atoms with Crippen molar-refractivity contribution in [2.24, 2.45) is 0 Å². The number of aliphatic hydroxyl groups is 1. The van der Waals surface area contributed by atoms with Crippen LogP contribution in [0.5, 0.6) is 5.75 Å². The van der Waals surface area contributed by atoms with Gasteiger partial charge in [-0.1, -0.05) is 51.9 Å². The Morgan fingerprint density at radius 2 is 1.71 bits per heavy atom. The second-order valence-electron chi connectivity index (χ2n) is 13.0. The van der Waals surface area contributed by atoms with Gasteiger partial charge in [0, 0.05) is 30.8 Å². The van der Waals surface area contributed by atoms with Gasteiger partial charge in [0.15, 0.2) is 6.23 Å². The molecule has 0 bridgehead atoms. The van der Waals surface area contributed by atoms with Crippen LogP contribution in [0.4, 0.5) is 20.2 Å². The largest absolute Gasteiger partial charge is 0.507 e. The predicted molar refractivity (Wildman–Crippen MR) is 178 cm³/mol. The Hall–Kier alpha value is -4.55. The zero-order chi connectivity index (χ0) is 34.9. The number of carbonyl (C=O) groups is 2. The van der Waals surface area contributed by atoms with Crippen molar-refractivity contribution in [3.05, 3.63) is 82.6 Å². The van der Waals surface area contributed by atoms with E-state index >= 15 is 8.78 Å². The highest BCUT2D eigenvalue weighted by Crippen LogP contribution is 2.55. The molecule has 252 valence electrons. The maximum atomic E-state index is 16.5. The molecule has 10 nitrogen and oxygen atoms in total. The second-order valence-corrected chi connectivity index (χ2v) is 13.3. The van der Waals surface area contributed by atoms with E-state index in [2.05, 4.69) is 16.5 Å². The molecular weight excluding hydrogens is 642 g/mol. The molecule has 2 aromatic carbocycles. The summed E-state index contributed by atoms with van der Waals surface area (Å²) in [5.74, 6) is -3.40. The van der Waals surface area contributed by atoms with E-state index in [1.807, 2.05) is 34.6 Å². The van der Waals surface area contributed by atoms with Crippen LogP contribution in [0, 0.1) is 11.6 Å². The molecule has 1 saturated heterocycles. The minimum atomic E-state index is -1.57. The third-order valence-corrected chi connectivity index (χ3v) is 9.70. The third kappa shape index (κ3) is 4.92. The Bertz CT molecular complexity index is 1850. The number of rotatable bonds is 5. The van der Waals surface area contributed by atoms with Crippen LogP contribution in [0.1, 0.15) is 63.4 Å². The van der Waals surface area contributed by atoms with Gasteiger partial charge in [0.25, 0.3) is 5.91 Å². The summed E-state index contributed by atoms with van der Waals surface area (Å²) in [4.78, 5) is 42.1. The van der Waals surface area contributed by atoms with Crippen molar-refractivity contribution in [3.63, 3.8) is 0 Å². The molecule has 0 saturated carbocycles. The van der Waals surface area contributed by atoms with E-state index in [1.54, 1.807) is 9.80 Å². The molecule has 2 amide bonds. The first-order valence-corrected chi connectivity index (χ1v) is 16.1. The summed E-state index contributed by atoms with van der Waals surface area (Å²) in [6.45, 7) is 13.3. The molecule has 0 aliphatic carbocycles. The Morgan fingerprint density at radius 1 is 1.06 bits per heavy atom. The van der Waals surface area contributed by atoms with Gasteiger partial charge in [-0.3, -0.25) is 9.59 Å². The lowest BCUT2D eigenvalue weighted by molar-refractivity contribution is -0.142. The number of carbonyl (C=O) groups excluding carboxylic acids is 2. The number of phenolic OH excluding ortho intramolecular Hbond substituents is 1. The summed E-state index contributed by atoms with van der Waals surface area (Å²) in [6.07, 6.45) is 1.06. The average molecular weight is 679 g/mol. The van der Waals surface area contributed by atoms with Crippen LogP contribution in [-0.4, -0.2) is 85.1 Å². The van der Waals surface area contributed by atoms with Crippen LogP contribution in [0.2, 0.25) is 5.02 Å². The average Bonchev–Trinajstić information content (AvgIpc) is 3.03. The van der Waals surface area contributed by atoms with E-state index in [-0.39, 0.29) is 64.8 Å². The molecule has 48 heavy (non-hydrogen) atoms. The Balaban J connectivity index is 1.72. The maximum Gasteiger partial charge on any atom is 0.251 e. The summed E-state index contributed by atoms with van der Waals surface area (Å²) in [6, 6.07) is 3.56. The van der Waals surface area contributed by atoms with Gasteiger partial charge >= 0.3 is 0 Å². The topological polar surface area (TPSA) is 113 Å². The standard InChI is InChI=1S/C35H37ClF2N6O4/c1-8-24(46)42-14-22-34(47)41(7)33-31(43(22)13-18(42)6)19-12-21(38)26(25-20(37)10-9-11-23(25)45)27(36)30(19)44(35(33)48)32-28(16(2)3)39-15-40-29(32)17(4)5/h8-12,15-18,22,35,45,48H,1,13-14H2,2-7H3. The molecular formula is C35H37ClF2N6O4. The lowest BCUT2D eigenvalue weighted by Gasteiger charge is -2.54. The molecule has 13 heteroatoms. The number of aromatic hydroxyl groups is 1. The number of piperazine rings is 1. The van der Waals surface area contributed by atoms with Crippen molar-refractivity contribution in [3.8, 4) is 16.9 Å². The van der Waals surface area contributed by atoms with Crippen molar-refractivity contribution in [2.45, 2.75) is 64.8 Å². The molecule has 0 radical (unpaired) electrons. The highest BCUT2D eigenvalue weighted by atomic mass is 35.5. The number of aliphatic hydroxyl groups excluding tert-OH is 1. The van der Waals surface area contributed by atoms with Crippen LogP contribution >= 0.6 is 11.6 Å². The first-order valence-electron chi connectivity index (χ1n) is 15.7. The monoisotopic (exact) mass is 678 g/mol. The van der Waals surface area contributed by atoms with E-state index < -0.39 is 40.8 Å². The van der Waals surface area contributed by atoms with Crippen molar-refractivity contribution >= 4 is 40.5 Å². The minimum Gasteiger partial charge on any atom is -0.507 e. The number of anilines is 2. The molecule has 3 aliphatic heterocycles. The number of hydrogen-bond donors (Lipinski definition) is 2. The Kier molecular flexibility index (Phi) is 8.45. The molecule has 1 fully saturated rings. The highest BCUT2D eigenvalue weighted by molar-refractivity contribution is 6.37. The van der Waals surface area contributed by atoms with Gasteiger partial charge in [0.1, 0.15) is 29.8 Å². The van der Waals surface area contributed by atoms with E-state index in [9.17, 15) is 19.8 Å². The lowest BCUT2D eigenvalue weighted by atomic mass is 9.88. The number of aromatic nitrogens is 2. The fourth-order valence-corrected chi connectivity index (χ4v) is 7.46. The van der Waals surface area contributed by atoms with Crippen LogP contribution in [0.25, 0.3) is 16.8 Å². The van der Waals surface area contributed by atoms with Crippen LogP contribution < -0.4 is 4.90 Å². The van der Waals surface area contributed by atoms with Crippen molar-refractivity contribution in [1.29, 1.82) is 0 Å². The van der Waals surface area contributed by atoms with Crippen LogP contribution in [-0.2, 0) is 9.59 Å². The maximum absolute atomic E-state index is 16.5. The zero-order valence-corrected chi connectivity index (χ0v) is 28.3. The molecule has 0 spiro atoms. The first kappa shape index (κ1) is 33.4. The number of amides is 2. The van der Waals surface area contributed by atoms with E-state index in [4.69, 9.17) is 11.6 Å². The fourth-order valence-electron chi connectivity index (χ4n) is 7.09. The van der Waals surface area contributed by atoms with Gasteiger partial charge in [-0.15, -0.1) is 0 Å².